The highest BCUT2D eigenvalue weighted by atomic mass is 15.0. The van der Waals surface area contributed by atoms with Crippen LogP contribution in [0, 0.1) is 0 Å². The zero-order valence-electron chi connectivity index (χ0n) is 35.5. The number of rotatable bonds is 7. The van der Waals surface area contributed by atoms with Gasteiger partial charge in [0.05, 0.1) is 16.6 Å². The molecular weight excluding hydrogens is 781 g/mol. The smallest absolute Gasteiger partial charge is 0.115 e. The lowest BCUT2D eigenvalue weighted by Crippen LogP contribution is -2.35. The first-order chi connectivity index (χ1) is 32.0. The SMILES string of the molecule is [B]c1c(-c2ccc3c(c2)c2ccc(-c4ccc(-c5ccccc5)cc4)cc2n3-c2ccc(-c3ccccc3)cc2)c([B])c2c3ccccc3n(-c3cccc(-c4ccccc4)c3)c2c1[B]. The third kappa shape index (κ3) is 6.46. The number of para-hydroxylation sites is 1. The van der Waals surface area contributed by atoms with Crippen LogP contribution in [0.15, 0.2) is 224 Å². The van der Waals surface area contributed by atoms with Gasteiger partial charge in [-0.2, -0.15) is 0 Å². The number of hydrogen-bond donors (Lipinski definition) is 0. The molecule has 0 aliphatic rings. The molecule has 10 aromatic carbocycles. The summed E-state index contributed by atoms with van der Waals surface area (Å²) < 4.78 is 4.57. The van der Waals surface area contributed by atoms with Gasteiger partial charge in [-0.05, 0) is 104 Å². The summed E-state index contributed by atoms with van der Waals surface area (Å²) >= 11 is 0. The molecule has 0 spiro atoms. The highest BCUT2D eigenvalue weighted by Gasteiger charge is 2.22. The van der Waals surface area contributed by atoms with Gasteiger partial charge in [-0.1, -0.05) is 192 Å². The van der Waals surface area contributed by atoms with E-state index in [1.807, 2.05) is 6.07 Å². The number of benzene rings is 10. The van der Waals surface area contributed by atoms with E-state index in [1.54, 1.807) is 0 Å². The summed E-state index contributed by atoms with van der Waals surface area (Å²) in [7, 11) is 21.8. The molecule has 6 radical (unpaired) electrons. The molecular formula is C60H37B3N2. The highest BCUT2D eigenvalue weighted by molar-refractivity contribution is 6.60. The summed E-state index contributed by atoms with van der Waals surface area (Å²) in [5.74, 6) is 0. The Labute approximate surface area is 382 Å². The molecule has 2 nitrogen and oxygen atoms in total. The Morgan fingerprint density at radius 1 is 0.262 bits per heavy atom. The van der Waals surface area contributed by atoms with Crippen LogP contribution in [0.1, 0.15) is 0 Å². The normalized spacial score (nSPS) is 11.6. The van der Waals surface area contributed by atoms with Gasteiger partial charge in [-0.3, -0.25) is 0 Å². The topological polar surface area (TPSA) is 9.86 Å². The first-order valence-electron chi connectivity index (χ1n) is 22.0. The minimum Gasteiger partial charge on any atom is -0.310 e. The van der Waals surface area contributed by atoms with Crippen molar-refractivity contribution >= 4 is 83.5 Å². The van der Waals surface area contributed by atoms with Gasteiger partial charge in [0, 0.05) is 38.4 Å². The lowest BCUT2D eigenvalue weighted by Gasteiger charge is -2.19. The van der Waals surface area contributed by atoms with Gasteiger partial charge in [-0.15, -0.1) is 0 Å². The molecule has 65 heavy (non-hydrogen) atoms. The molecule has 0 saturated heterocycles. The summed E-state index contributed by atoms with van der Waals surface area (Å²) in [6.45, 7) is 0. The molecule has 0 atom stereocenters. The second-order valence-electron chi connectivity index (χ2n) is 16.8. The van der Waals surface area contributed by atoms with Crippen molar-refractivity contribution in [2.45, 2.75) is 0 Å². The van der Waals surface area contributed by atoms with Crippen LogP contribution in [0.4, 0.5) is 0 Å². The van der Waals surface area contributed by atoms with Gasteiger partial charge < -0.3 is 9.13 Å². The molecule has 0 amide bonds. The third-order valence-electron chi connectivity index (χ3n) is 13.1. The maximum atomic E-state index is 7.39. The molecule has 296 valence electrons. The fraction of sp³-hybridized carbons (Fsp3) is 0. The maximum absolute atomic E-state index is 7.39. The largest absolute Gasteiger partial charge is 0.310 e. The van der Waals surface area contributed by atoms with Crippen LogP contribution in [0.5, 0.6) is 0 Å². The fourth-order valence-corrected chi connectivity index (χ4v) is 9.89. The van der Waals surface area contributed by atoms with E-state index in [9.17, 15) is 0 Å². The summed E-state index contributed by atoms with van der Waals surface area (Å²) in [6.07, 6.45) is 0. The zero-order chi connectivity index (χ0) is 43.6. The molecule has 0 unspecified atom stereocenters. The van der Waals surface area contributed by atoms with Gasteiger partial charge in [-0.25, -0.2) is 0 Å². The lowest BCUT2D eigenvalue weighted by molar-refractivity contribution is 1.18. The van der Waals surface area contributed by atoms with E-state index in [0.29, 0.717) is 16.4 Å². The molecule has 12 rings (SSSR count). The average molecular weight is 818 g/mol. The van der Waals surface area contributed by atoms with Crippen molar-refractivity contribution in [1.29, 1.82) is 0 Å². The Morgan fingerprint density at radius 2 is 0.754 bits per heavy atom. The van der Waals surface area contributed by atoms with Crippen molar-refractivity contribution in [2.75, 3.05) is 0 Å². The van der Waals surface area contributed by atoms with Crippen molar-refractivity contribution in [2.24, 2.45) is 0 Å². The van der Waals surface area contributed by atoms with E-state index in [1.165, 1.54) is 22.3 Å². The van der Waals surface area contributed by atoms with E-state index < -0.39 is 0 Å². The number of fused-ring (bicyclic) bond motifs is 6. The number of aromatic nitrogens is 2. The zero-order valence-corrected chi connectivity index (χ0v) is 35.5. The van der Waals surface area contributed by atoms with E-state index in [4.69, 9.17) is 23.5 Å². The molecule has 0 N–H and O–H groups in total. The molecule has 0 bridgehead atoms. The van der Waals surface area contributed by atoms with Gasteiger partial charge in [0.25, 0.3) is 0 Å². The maximum Gasteiger partial charge on any atom is 0.115 e. The second kappa shape index (κ2) is 15.7. The van der Waals surface area contributed by atoms with Crippen LogP contribution in [0.3, 0.4) is 0 Å². The summed E-state index contributed by atoms with van der Waals surface area (Å²) in [4.78, 5) is 0. The molecule has 0 saturated carbocycles. The van der Waals surface area contributed by atoms with Crippen LogP contribution in [-0.4, -0.2) is 32.7 Å². The van der Waals surface area contributed by atoms with Crippen LogP contribution < -0.4 is 16.4 Å². The van der Waals surface area contributed by atoms with Gasteiger partial charge >= 0.3 is 0 Å². The van der Waals surface area contributed by atoms with Gasteiger partial charge in [0.2, 0.25) is 0 Å². The Kier molecular flexibility index (Phi) is 9.31. The molecule has 12 aromatic rings. The second-order valence-corrected chi connectivity index (χ2v) is 16.8. The van der Waals surface area contributed by atoms with Crippen molar-refractivity contribution < 1.29 is 0 Å². The average Bonchev–Trinajstić information content (AvgIpc) is 3.90. The Morgan fingerprint density at radius 3 is 1.42 bits per heavy atom. The number of nitrogens with zero attached hydrogens (tertiary/aromatic N) is 2. The van der Waals surface area contributed by atoms with E-state index >= 15 is 0 Å². The Balaban J connectivity index is 1.04. The van der Waals surface area contributed by atoms with Crippen molar-refractivity contribution in [1.82, 2.24) is 9.13 Å². The molecule has 2 heterocycles. The molecule has 0 aliphatic heterocycles. The molecule has 5 heteroatoms. The van der Waals surface area contributed by atoms with E-state index in [-0.39, 0.29) is 0 Å². The third-order valence-corrected chi connectivity index (χ3v) is 13.1. The van der Waals surface area contributed by atoms with Gasteiger partial charge in [0.1, 0.15) is 23.5 Å². The van der Waals surface area contributed by atoms with Gasteiger partial charge in [0.15, 0.2) is 0 Å². The molecule has 2 aromatic heterocycles. The minimum absolute atomic E-state index is 0.457. The Bertz CT molecular complexity index is 3760. The van der Waals surface area contributed by atoms with Crippen molar-refractivity contribution in [3.8, 4) is 67.0 Å². The molecule has 0 fully saturated rings. The minimum atomic E-state index is 0.457. The lowest BCUT2D eigenvalue weighted by atomic mass is 9.69. The first kappa shape index (κ1) is 38.7. The van der Waals surface area contributed by atoms with Crippen molar-refractivity contribution in [3.05, 3.63) is 224 Å². The highest BCUT2D eigenvalue weighted by Crippen LogP contribution is 2.39. The predicted octanol–water partition coefficient (Wildman–Crippen LogP) is 12.6. The Hall–Kier alpha value is -8.01. The van der Waals surface area contributed by atoms with Crippen molar-refractivity contribution in [3.63, 3.8) is 0 Å². The first-order valence-corrected chi connectivity index (χ1v) is 22.0. The van der Waals surface area contributed by atoms with Crippen LogP contribution in [0.2, 0.25) is 0 Å². The summed E-state index contributed by atoms with van der Waals surface area (Å²) in [5.41, 5.74) is 18.5. The quantitative estimate of drug-likeness (QED) is 0.142. The van der Waals surface area contributed by atoms with E-state index in [0.717, 1.165) is 88.4 Å². The summed E-state index contributed by atoms with van der Waals surface area (Å²) in [6, 6.07) is 79.3. The van der Waals surface area contributed by atoms with Crippen LogP contribution in [0.25, 0.3) is 111 Å². The van der Waals surface area contributed by atoms with Crippen LogP contribution in [-0.2, 0) is 0 Å². The number of hydrogen-bond acceptors (Lipinski definition) is 0. The monoisotopic (exact) mass is 818 g/mol. The predicted molar refractivity (Wildman–Crippen MR) is 278 cm³/mol. The standard InChI is InChI=1S/C60H37B3N2/c61-57-55(58(62)59(63)60-56(57)50-21-10-11-22-52(50)65(60)48-20-12-19-44(35-48)40-17-8-3-9-18-40)46-30-34-53-51(36-46)49-33-29-45(43-25-23-41(24-26-43)38-13-4-1-5-14-38)37-54(49)64(53)47-31-27-42(28-32-47)39-15-6-2-7-16-39/h1-37H. The van der Waals surface area contributed by atoms with Crippen LogP contribution >= 0.6 is 0 Å². The molecule has 0 aliphatic carbocycles. The van der Waals surface area contributed by atoms with E-state index in [2.05, 4.69) is 228 Å². The fourth-order valence-electron chi connectivity index (χ4n) is 9.89. The summed E-state index contributed by atoms with van der Waals surface area (Å²) in [5, 5.41) is 4.11.